The van der Waals surface area contributed by atoms with Crippen molar-refractivity contribution < 1.29 is 28.2 Å². The number of hydrogen-bond acceptors (Lipinski definition) is 11. The van der Waals surface area contributed by atoms with Crippen molar-refractivity contribution >= 4 is 17.1 Å². The van der Waals surface area contributed by atoms with Gasteiger partial charge in [-0.25, -0.2) is 14.5 Å². The van der Waals surface area contributed by atoms with E-state index in [1.807, 2.05) is 6.07 Å². The maximum atomic E-state index is 12.6. The quantitative estimate of drug-likeness (QED) is 0.267. The summed E-state index contributed by atoms with van der Waals surface area (Å²) in [5.41, 5.74) is 2.13. The Morgan fingerprint density at radius 1 is 1.00 bits per heavy atom. The third kappa shape index (κ3) is 6.13. The lowest BCUT2D eigenvalue weighted by atomic mass is 9.98. The van der Waals surface area contributed by atoms with Crippen LogP contribution in [0.2, 0.25) is 0 Å². The van der Waals surface area contributed by atoms with Crippen molar-refractivity contribution in [3.05, 3.63) is 30.1 Å². The van der Waals surface area contributed by atoms with E-state index in [2.05, 4.69) is 38.9 Å². The maximum Gasteiger partial charge on any atom is 0.348 e. The molecule has 1 aliphatic heterocycles. The normalized spacial score (nSPS) is 14.7. The summed E-state index contributed by atoms with van der Waals surface area (Å²) in [5, 5.41) is 8.91. The average Bonchev–Trinajstić information content (AvgIpc) is 3.36. The molecular formula is C24H32N6O6S. The lowest BCUT2D eigenvalue weighted by Crippen LogP contribution is -2.37. The fourth-order valence-corrected chi connectivity index (χ4v) is 4.52. The van der Waals surface area contributed by atoms with Crippen molar-refractivity contribution in [1.82, 2.24) is 24.7 Å². The summed E-state index contributed by atoms with van der Waals surface area (Å²) in [5.74, 6) is 2.24. The Kier molecular flexibility index (Phi) is 9.16. The zero-order valence-electron chi connectivity index (χ0n) is 21.7. The van der Waals surface area contributed by atoms with Crippen LogP contribution < -0.4 is 14.4 Å². The van der Waals surface area contributed by atoms with Gasteiger partial charge in [0.2, 0.25) is 5.95 Å². The van der Waals surface area contributed by atoms with Gasteiger partial charge in [-0.1, -0.05) is 18.9 Å². The highest BCUT2D eigenvalue weighted by atomic mass is 32.2. The van der Waals surface area contributed by atoms with E-state index in [0.717, 1.165) is 18.7 Å². The van der Waals surface area contributed by atoms with Crippen LogP contribution in [0.15, 0.2) is 29.7 Å². The number of benzene rings is 1. The Bertz CT molecular complexity index is 1170. The third-order valence-corrected chi connectivity index (χ3v) is 6.49. The molecule has 1 atom stereocenters. The Balaban J connectivity index is 1.83. The lowest BCUT2D eigenvalue weighted by Gasteiger charge is -2.26. The van der Waals surface area contributed by atoms with E-state index < -0.39 is 11.2 Å². The third-order valence-electron chi connectivity index (χ3n) is 5.71. The number of nitrogens with zero attached hydrogens (tertiary/aromatic N) is 6. The molecule has 0 aliphatic carbocycles. The summed E-state index contributed by atoms with van der Waals surface area (Å²) in [7, 11) is 3.10. The molecule has 1 unspecified atom stereocenters. The molecule has 1 aromatic carbocycles. The van der Waals surface area contributed by atoms with Crippen LogP contribution in [0.5, 0.6) is 11.5 Å². The van der Waals surface area contributed by atoms with E-state index in [9.17, 15) is 4.55 Å². The Morgan fingerprint density at radius 3 is 2.24 bits per heavy atom. The largest absolute Gasteiger partial charge is 0.609 e. The van der Waals surface area contributed by atoms with E-state index in [-0.39, 0.29) is 24.7 Å². The van der Waals surface area contributed by atoms with Crippen LogP contribution >= 0.6 is 0 Å². The van der Waals surface area contributed by atoms with E-state index in [0.29, 0.717) is 47.7 Å². The second-order valence-corrected chi connectivity index (χ2v) is 9.85. The van der Waals surface area contributed by atoms with Crippen LogP contribution in [0.25, 0.3) is 17.1 Å². The van der Waals surface area contributed by atoms with Gasteiger partial charge in [0, 0.05) is 44.6 Å². The first-order valence-electron chi connectivity index (χ1n) is 11.8. The van der Waals surface area contributed by atoms with Gasteiger partial charge in [0.1, 0.15) is 17.8 Å². The topological polar surface area (TPSA) is 129 Å². The van der Waals surface area contributed by atoms with Crippen LogP contribution in [0.4, 0.5) is 5.95 Å². The highest BCUT2D eigenvalue weighted by Gasteiger charge is 2.27. The number of hydrogen-bond donors (Lipinski definition) is 0. The number of aromatic nitrogens is 5. The van der Waals surface area contributed by atoms with E-state index >= 15 is 0 Å². The first-order chi connectivity index (χ1) is 17.9. The van der Waals surface area contributed by atoms with Crippen molar-refractivity contribution in [3.8, 4) is 28.6 Å². The van der Waals surface area contributed by atoms with Crippen molar-refractivity contribution in [2.24, 2.45) is 0 Å². The molecule has 1 saturated heterocycles. The lowest BCUT2D eigenvalue weighted by molar-refractivity contribution is 0.0457. The average molecular weight is 533 g/mol. The first-order valence-corrected chi connectivity index (χ1v) is 13.4. The summed E-state index contributed by atoms with van der Waals surface area (Å²) in [4.78, 5) is 11.2. The molecule has 3 heterocycles. The van der Waals surface area contributed by atoms with Crippen molar-refractivity contribution in [1.29, 1.82) is 0 Å². The standard InChI is InChI=1S/C24H32N6O6S/c1-16(2)18-10-19(21(36-15-33-4)11-20(18)35-14-32-3)22-27-28-24(37(5)31)30(22)17-12-25-23(26-13-17)29-6-8-34-9-7-29/h10-13,16H,6-9,14-15H2,1-5H3. The molecule has 4 rings (SSSR count). The van der Waals surface area contributed by atoms with Gasteiger partial charge in [0.25, 0.3) is 0 Å². The minimum absolute atomic E-state index is 0.00972. The monoisotopic (exact) mass is 532 g/mol. The Hall–Kier alpha value is -2.97. The zero-order chi connectivity index (χ0) is 26.4. The van der Waals surface area contributed by atoms with Crippen molar-refractivity contribution in [2.75, 3.05) is 65.3 Å². The van der Waals surface area contributed by atoms with E-state index in [1.165, 1.54) is 0 Å². The second kappa shape index (κ2) is 12.5. The van der Waals surface area contributed by atoms with Gasteiger partial charge >= 0.3 is 5.16 Å². The molecule has 0 N–H and O–H groups in total. The van der Waals surface area contributed by atoms with Gasteiger partial charge < -0.3 is 33.1 Å². The fraction of sp³-hybridized carbons (Fsp3) is 0.500. The Labute approximate surface area is 219 Å². The summed E-state index contributed by atoms with van der Waals surface area (Å²) >= 11 is -1.44. The van der Waals surface area contributed by atoms with Gasteiger partial charge in [0.05, 0.1) is 36.9 Å². The molecule has 1 fully saturated rings. The molecule has 13 heteroatoms. The number of morpholine rings is 1. The second-order valence-electron chi connectivity index (χ2n) is 8.58. The van der Waals surface area contributed by atoms with Gasteiger partial charge in [-0.3, -0.25) is 0 Å². The van der Waals surface area contributed by atoms with Crippen molar-refractivity contribution in [2.45, 2.75) is 24.9 Å². The number of methoxy groups -OCH3 is 2. The van der Waals surface area contributed by atoms with Gasteiger partial charge in [-0.05, 0) is 17.5 Å². The minimum Gasteiger partial charge on any atom is -0.609 e. The van der Waals surface area contributed by atoms with E-state index in [4.69, 9.17) is 23.7 Å². The van der Waals surface area contributed by atoms with Gasteiger partial charge in [0.15, 0.2) is 19.4 Å². The van der Waals surface area contributed by atoms with Gasteiger partial charge in [-0.2, -0.15) is 0 Å². The van der Waals surface area contributed by atoms with Crippen LogP contribution in [0.1, 0.15) is 25.3 Å². The zero-order valence-corrected chi connectivity index (χ0v) is 22.5. The van der Waals surface area contributed by atoms with Crippen LogP contribution in [0.3, 0.4) is 0 Å². The predicted molar refractivity (Wildman–Crippen MR) is 137 cm³/mol. The summed E-state index contributed by atoms with van der Waals surface area (Å²) in [6.45, 7) is 6.92. The van der Waals surface area contributed by atoms with E-state index in [1.54, 1.807) is 43.5 Å². The molecule has 200 valence electrons. The van der Waals surface area contributed by atoms with Gasteiger partial charge in [-0.15, -0.1) is 5.10 Å². The molecule has 37 heavy (non-hydrogen) atoms. The summed E-state index contributed by atoms with van der Waals surface area (Å²) in [6, 6.07) is 3.72. The van der Waals surface area contributed by atoms with Crippen LogP contribution in [-0.2, 0) is 25.4 Å². The van der Waals surface area contributed by atoms with Crippen LogP contribution in [0, 0.1) is 0 Å². The summed E-state index contributed by atoms with van der Waals surface area (Å²) < 4.78 is 41.7. The maximum absolute atomic E-state index is 12.6. The van der Waals surface area contributed by atoms with Crippen LogP contribution in [-0.4, -0.2) is 89.6 Å². The number of ether oxygens (including phenoxy) is 5. The highest BCUT2D eigenvalue weighted by molar-refractivity contribution is 7.90. The molecule has 0 spiro atoms. The highest BCUT2D eigenvalue weighted by Crippen LogP contribution is 2.40. The van der Waals surface area contributed by atoms with Crippen molar-refractivity contribution in [3.63, 3.8) is 0 Å². The minimum atomic E-state index is -1.44. The molecule has 1 aliphatic rings. The molecule has 0 amide bonds. The number of anilines is 1. The first kappa shape index (κ1) is 27.1. The molecule has 2 aromatic heterocycles. The Morgan fingerprint density at radius 2 is 1.65 bits per heavy atom. The smallest absolute Gasteiger partial charge is 0.348 e. The number of rotatable bonds is 11. The predicted octanol–water partition coefficient (Wildman–Crippen LogP) is 2.39. The SMILES string of the molecule is COCOc1cc(OCOC)c(C(C)C)cc1-c1nnc([S+](C)[O-])n1-c1cnc(N2CCOCC2)nc1. The molecule has 0 radical (unpaired) electrons. The fourth-order valence-electron chi connectivity index (χ4n) is 3.91. The molecule has 0 bridgehead atoms. The molecular weight excluding hydrogens is 500 g/mol. The molecule has 3 aromatic rings. The molecule has 12 nitrogen and oxygen atoms in total. The summed E-state index contributed by atoms with van der Waals surface area (Å²) in [6.07, 6.45) is 4.91. The molecule has 0 saturated carbocycles.